The van der Waals surface area contributed by atoms with Gasteiger partial charge < -0.3 is 15.1 Å². The number of hydrogen-bond donors (Lipinski definition) is 2. The Bertz CT molecular complexity index is 746. The van der Waals surface area contributed by atoms with Crippen LogP contribution in [0.15, 0.2) is 45.5 Å². The molecule has 0 aliphatic heterocycles. The molecule has 0 aliphatic carbocycles. The van der Waals surface area contributed by atoms with Crippen molar-refractivity contribution in [1.82, 2.24) is 5.32 Å². The molecule has 0 radical (unpaired) electrons. The predicted octanol–water partition coefficient (Wildman–Crippen LogP) is 4.21. The molecule has 1 heterocycles. The monoisotopic (exact) mass is 418 g/mol. The number of benzene rings is 1. The molecule has 9 heteroatoms. The third-order valence-electron chi connectivity index (χ3n) is 3.17. The molecular weight excluding hydrogens is 405 g/mol. The fourth-order valence-corrected chi connectivity index (χ4v) is 2.46. The number of anilines is 1. The molecule has 5 nitrogen and oxygen atoms in total. The van der Waals surface area contributed by atoms with E-state index < -0.39 is 23.6 Å². The molecule has 0 fully saturated rings. The Morgan fingerprint density at radius 3 is 2.60 bits per heavy atom. The van der Waals surface area contributed by atoms with Gasteiger partial charge in [0.1, 0.15) is 0 Å². The first-order valence-corrected chi connectivity index (χ1v) is 8.05. The average molecular weight is 419 g/mol. The second kappa shape index (κ2) is 8.19. The topological polar surface area (TPSA) is 71.3 Å². The molecule has 0 unspecified atom stereocenters. The Balaban J connectivity index is 1.80. The van der Waals surface area contributed by atoms with Gasteiger partial charge in [0, 0.05) is 23.1 Å². The highest BCUT2D eigenvalue weighted by Gasteiger charge is 2.33. The summed E-state index contributed by atoms with van der Waals surface area (Å²) in [5.74, 6) is -0.671. The molecule has 0 aliphatic rings. The predicted molar refractivity (Wildman–Crippen MR) is 88.0 cm³/mol. The van der Waals surface area contributed by atoms with E-state index in [-0.39, 0.29) is 28.9 Å². The number of carbonyl (C=O) groups excluding carboxylic acids is 2. The summed E-state index contributed by atoms with van der Waals surface area (Å²) in [7, 11) is 0. The number of amides is 2. The minimum Gasteiger partial charge on any atom is -0.459 e. The Hall–Kier alpha value is -2.29. The third-order valence-corrected chi connectivity index (χ3v) is 3.86. The van der Waals surface area contributed by atoms with Gasteiger partial charge >= 0.3 is 6.18 Å². The van der Waals surface area contributed by atoms with Crippen LogP contribution in [0.3, 0.4) is 0 Å². The number of halogens is 4. The number of alkyl halides is 3. The van der Waals surface area contributed by atoms with Gasteiger partial charge in [-0.1, -0.05) is 15.9 Å². The van der Waals surface area contributed by atoms with Gasteiger partial charge in [-0.05, 0) is 36.8 Å². The zero-order valence-electron chi connectivity index (χ0n) is 12.8. The van der Waals surface area contributed by atoms with E-state index in [1.807, 2.05) is 0 Å². The molecular formula is C16H14BrF3N2O3. The zero-order valence-corrected chi connectivity index (χ0v) is 14.4. The number of hydrogen-bond acceptors (Lipinski definition) is 3. The van der Waals surface area contributed by atoms with E-state index in [9.17, 15) is 22.8 Å². The van der Waals surface area contributed by atoms with Crippen molar-refractivity contribution in [3.63, 3.8) is 0 Å². The first kappa shape index (κ1) is 19.0. The molecule has 1 aromatic heterocycles. The van der Waals surface area contributed by atoms with Crippen LogP contribution in [-0.2, 0) is 11.0 Å². The maximum absolute atomic E-state index is 12.8. The SMILES string of the molecule is O=C(CCCNC(=O)c1ccco1)Nc1ccc(Br)c(C(F)(F)F)c1. The standard InChI is InChI=1S/C16H14BrF3N2O3/c17-12-6-5-10(9-11(12)16(18,19)20)22-14(23)4-1-7-21-15(24)13-3-2-8-25-13/h2-3,5-6,8-9H,1,4,7H2,(H,21,24)(H,22,23). The molecule has 25 heavy (non-hydrogen) atoms. The van der Waals surface area contributed by atoms with E-state index >= 15 is 0 Å². The summed E-state index contributed by atoms with van der Waals surface area (Å²) >= 11 is 2.83. The molecule has 0 spiro atoms. The van der Waals surface area contributed by atoms with Crippen LogP contribution in [0.2, 0.25) is 0 Å². The van der Waals surface area contributed by atoms with E-state index in [1.165, 1.54) is 24.5 Å². The molecule has 0 saturated heterocycles. The smallest absolute Gasteiger partial charge is 0.417 e. The molecule has 2 N–H and O–H groups in total. The van der Waals surface area contributed by atoms with Crippen LogP contribution in [-0.4, -0.2) is 18.4 Å². The normalized spacial score (nSPS) is 11.2. The summed E-state index contributed by atoms with van der Waals surface area (Å²) in [6.07, 6.45) is -2.76. The van der Waals surface area contributed by atoms with Crippen molar-refractivity contribution in [3.8, 4) is 0 Å². The van der Waals surface area contributed by atoms with E-state index in [4.69, 9.17) is 4.42 Å². The van der Waals surface area contributed by atoms with E-state index in [2.05, 4.69) is 26.6 Å². The van der Waals surface area contributed by atoms with Crippen LogP contribution in [0.5, 0.6) is 0 Å². The van der Waals surface area contributed by atoms with Crippen molar-refractivity contribution in [2.45, 2.75) is 19.0 Å². The van der Waals surface area contributed by atoms with Crippen molar-refractivity contribution in [2.24, 2.45) is 0 Å². The lowest BCUT2D eigenvalue weighted by molar-refractivity contribution is -0.138. The molecule has 2 aromatic rings. The lowest BCUT2D eigenvalue weighted by atomic mass is 10.2. The second-order valence-corrected chi connectivity index (χ2v) is 5.93. The van der Waals surface area contributed by atoms with Gasteiger partial charge in [-0.15, -0.1) is 0 Å². The Morgan fingerprint density at radius 2 is 1.96 bits per heavy atom. The fourth-order valence-electron chi connectivity index (χ4n) is 1.99. The summed E-state index contributed by atoms with van der Waals surface area (Å²) < 4.78 is 43.3. The lowest BCUT2D eigenvalue weighted by Crippen LogP contribution is -2.25. The highest BCUT2D eigenvalue weighted by molar-refractivity contribution is 9.10. The molecule has 0 saturated carbocycles. The first-order valence-electron chi connectivity index (χ1n) is 7.25. The number of furan rings is 1. The minimum absolute atomic E-state index is 0.0514. The quantitative estimate of drug-likeness (QED) is 0.690. The van der Waals surface area contributed by atoms with Crippen LogP contribution >= 0.6 is 15.9 Å². The van der Waals surface area contributed by atoms with Crippen molar-refractivity contribution < 1.29 is 27.2 Å². The van der Waals surface area contributed by atoms with Crippen LogP contribution in [0.4, 0.5) is 18.9 Å². The van der Waals surface area contributed by atoms with E-state index in [0.29, 0.717) is 6.42 Å². The third kappa shape index (κ3) is 5.63. The van der Waals surface area contributed by atoms with Gasteiger partial charge in [0.05, 0.1) is 11.8 Å². The Labute approximate surface area is 149 Å². The fraction of sp³-hybridized carbons (Fsp3) is 0.250. The molecule has 2 rings (SSSR count). The molecule has 2 amide bonds. The number of rotatable bonds is 6. The number of nitrogens with one attached hydrogen (secondary N) is 2. The number of carbonyl (C=O) groups is 2. The summed E-state index contributed by atoms with van der Waals surface area (Å²) in [4.78, 5) is 23.4. The van der Waals surface area contributed by atoms with E-state index in [1.54, 1.807) is 6.07 Å². The summed E-state index contributed by atoms with van der Waals surface area (Å²) in [5, 5.41) is 4.98. The zero-order chi connectivity index (χ0) is 18.4. The van der Waals surface area contributed by atoms with Crippen LogP contribution in [0.1, 0.15) is 29.0 Å². The molecule has 134 valence electrons. The largest absolute Gasteiger partial charge is 0.459 e. The van der Waals surface area contributed by atoms with Gasteiger partial charge in [-0.2, -0.15) is 13.2 Å². The van der Waals surface area contributed by atoms with Crippen molar-refractivity contribution in [3.05, 3.63) is 52.4 Å². The van der Waals surface area contributed by atoms with Crippen LogP contribution in [0.25, 0.3) is 0 Å². The lowest BCUT2D eigenvalue weighted by Gasteiger charge is -2.12. The van der Waals surface area contributed by atoms with Crippen molar-refractivity contribution >= 4 is 33.4 Å². The van der Waals surface area contributed by atoms with Crippen LogP contribution < -0.4 is 10.6 Å². The second-order valence-electron chi connectivity index (χ2n) is 5.08. The van der Waals surface area contributed by atoms with Crippen LogP contribution in [0, 0.1) is 0 Å². The van der Waals surface area contributed by atoms with Gasteiger partial charge in [0.2, 0.25) is 5.91 Å². The highest BCUT2D eigenvalue weighted by Crippen LogP contribution is 2.36. The highest BCUT2D eigenvalue weighted by atomic mass is 79.9. The maximum Gasteiger partial charge on any atom is 0.417 e. The summed E-state index contributed by atoms with van der Waals surface area (Å²) in [6, 6.07) is 6.54. The Kier molecular flexibility index (Phi) is 6.24. The first-order chi connectivity index (χ1) is 11.8. The maximum atomic E-state index is 12.8. The Morgan fingerprint density at radius 1 is 1.20 bits per heavy atom. The molecule has 0 atom stereocenters. The van der Waals surface area contributed by atoms with Gasteiger partial charge in [-0.3, -0.25) is 9.59 Å². The van der Waals surface area contributed by atoms with E-state index in [0.717, 1.165) is 6.07 Å². The summed E-state index contributed by atoms with van der Waals surface area (Å²) in [5.41, 5.74) is -0.809. The summed E-state index contributed by atoms with van der Waals surface area (Å²) in [6.45, 7) is 0.237. The molecule has 1 aromatic carbocycles. The van der Waals surface area contributed by atoms with Gasteiger partial charge in [0.25, 0.3) is 5.91 Å². The molecule has 0 bridgehead atoms. The minimum atomic E-state index is -4.52. The average Bonchev–Trinajstić information content (AvgIpc) is 3.06. The van der Waals surface area contributed by atoms with Gasteiger partial charge in [-0.25, -0.2) is 0 Å². The van der Waals surface area contributed by atoms with Crippen molar-refractivity contribution in [1.29, 1.82) is 0 Å². The van der Waals surface area contributed by atoms with Crippen molar-refractivity contribution in [2.75, 3.05) is 11.9 Å². The van der Waals surface area contributed by atoms with Gasteiger partial charge in [0.15, 0.2) is 5.76 Å².